The lowest BCUT2D eigenvalue weighted by atomic mass is 10.1. The Kier molecular flexibility index (Phi) is 6.03. The number of benzene rings is 1. The Morgan fingerprint density at radius 2 is 1.90 bits per heavy atom. The van der Waals surface area contributed by atoms with Crippen LogP contribution in [0.1, 0.15) is 12.8 Å². The fourth-order valence-electron chi connectivity index (χ4n) is 4.05. The molecule has 8 heteroatoms. The lowest BCUT2D eigenvalue weighted by Gasteiger charge is -2.35. The van der Waals surface area contributed by atoms with Crippen molar-refractivity contribution in [3.63, 3.8) is 0 Å². The van der Waals surface area contributed by atoms with E-state index in [-0.39, 0.29) is 23.7 Å². The van der Waals surface area contributed by atoms with Crippen LogP contribution >= 0.6 is 0 Å². The van der Waals surface area contributed by atoms with Crippen LogP contribution < -0.4 is 10.2 Å². The number of amides is 1. The summed E-state index contributed by atoms with van der Waals surface area (Å²) < 4.78 is 19.0. The molecular weight excluding hydrogens is 387 g/mol. The smallest absolute Gasteiger partial charge is 0.234 e. The number of ketones is 1. The van der Waals surface area contributed by atoms with Crippen molar-refractivity contribution in [3.05, 3.63) is 53.7 Å². The number of allylic oxidation sites excluding steroid dienone is 3. The number of piperazine rings is 1. The Bertz CT molecular complexity index is 860. The number of rotatable bonds is 6. The van der Waals surface area contributed by atoms with Crippen molar-refractivity contribution in [1.82, 2.24) is 15.1 Å². The summed E-state index contributed by atoms with van der Waals surface area (Å²) >= 11 is 0. The van der Waals surface area contributed by atoms with E-state index in [4.69, 9.17) is 4.74 Å². The number of carbonyl (C=O) groups excluding carboxylic acids is 2. The lowest BCUT2D eigenvalue weighted by molar-refractivity contribution is -0.122. The predicted octanol–water partition coefficient (Wildman–Crippen LogP) is 1.48. The topological polar surface area (TPSA) is 65.1 Å². The minimum Gasteiger partial charge on any atom is -0.472 e. The second-order valence-electron chi connectivity index (χ2n) is 7.85. The summed E-state index contributed by atoms with van der Waals surface area (Å²) in [6, 6.07) is 6.53. The number of likely N-dealkylation sites (N-methyl/N-ethyl adjacent to an activating group) is 1. The largest absolute Gasteiger partial charge is 0.472 e. The average Bonchev–Trinajstić information content (AvgIpc) is 3.04. The lowest BCUT2D eigenvalue weighted by Crippen LogP contribution is -2.49. The first-order chi connectivity index (χ1) is 14.5. The maximum absolute atomic E-state index is 13.1. The van der Waals surface area contributed by atoms with Gasteiger partial charge in [-0.05, 0) is 36.4 Å². The van der Waals surface area contributed by atoms with Crippen LogP contribution in [0.3, 0.4) is 0 Å². The SMILES string of the molecule is CN1C2=C(CC(=O)C=C2)OC1CCNC(=O)CN1CCN(c2ccc(F)cc2)CC1. The molecule has 0 radical (unpaired) electrons. The molecule has 0 bridgehead atoms. The molecule has 1 N–H and O–H groups in total. The molecule has 160 valence electrons. The first-order valence-corrected chi connectivity index (χ1v) is 10.3. The van der Waals surface area contributed by atoms with Gasteiger partial charge in [0, 0.05) is 51.9 Å². The van der Waals surface area contributed by atoms with Crippen LogP contribution in [0, 0.1) is 5.82 Å². The molecule has 0 saturated carbocycles. The highest BCUT2D eigenvalue weighted by Gasteiger charge is 2.31. The minimum atomic E-state index is -0.232. The van der Waals surface area contributed by atoms with Gasteiger partial charge in [-0.15, -0.1) is 0 Å². The molecule has 1 saturated heterocycles. The van der Waals surface area contributed by atoms with Gasteiger partial charge in [0.1, 0.15) is 11.6 Å². The molecule has 3 aliphatic rings. The Labute approximate surface area is 175 Å². The summed E-state index contributed by atoms with van der Waals surface area (Å²) in [7, 11) is 1.94. The molecule has 1 amide bonds. The van der Waals surface area contributed by atoms with Crippen molar-refractivity contribution in [2.24, 2.45) is 0 Å². The Morgan fingerprint density at radius 1 is 1.17 bits per heavy atom. The van der Waals surface area contributed by atoms with Crippen LogP contribution in [0.5, 0.6) is 0 Å². The predicted molar refractivity (Wildman–Crippen MR) is 111 cm³/mol. The Balaban J connectivity index is 1.15. The van der Waals surface area contributed by atoms with Gasteiger partial charge < -0.3 is 19.9 Å². The number of anilines is 1. The fourth-order valence-corrected chi connectivity index (χ4v) is 4.05. The van der Waals surface area contributed by atoms with E-state index in [2.05, 4.69) is 15.1 Å². The molecule has 1 aromatic carbocycles. The van der Waals surface area contributed by atoms with Gasteiger partial charge >= 0.3 is 0 Å². The third-order valence-electron chi connectivity index (χ3n) is 5.78. The molecule has 2 heterocycles. The summed E-state index contributed by atoms with van der Waals surface area (Å²) in [5, 5.41) is 2.97. The zero-order valence-electron chi connectivity index (χ0n) is 17.1. The van der Waals surface area contributed by atoms with Crippen molar-refractivity contribution in [2.75, 3.05) is 51.2 Å². The molecule has 2 aliphatic heterocycles. The van der Waals surface area contributed by atoms with Crippen molar-refractivity contribution in [2.45, 2.75) is 19.1 Å². The standard InChI is InChI=1S/C22H27FN4O3/c1-25-19-7-6-18(28)14-20(19)30-22(25)8-9-24-21(29)15-26-10-12-27(13-11-26)17-4-2-16(23)3-5-17/h2-7,22H,8-15H2,1H3,(H,24,29). The third kappa shape index (κ3) is 4.64. The van der Waals surface area contributed by atoms with Crippen LogP contribution in [0.4, 0.5) is 10.1 Å². The van der Waals surface area contributed by atoms with Gasteiger partial charge in [0.05, 0.1) is 18.7 Å². The van der Waals surface area contributed by atoms with Crippen LogP contribution in [-0.2, 0) is 14.3 Å². The number of hydrogen-bond acceptors (Lipinski definition) is 6. The van der Waals surface area contributed by atoms with E-state index in [1.165, 1.54) is 12.1 Å². The number of carbonyl (C=O) groups is 2. The molecule has 1 unspecified atom stereocenters. The maximum atomic E-state index is 13.1. The maximum Gasteiger partial charge on any atom is 0.234 e. The van der Waals surface area contributed by atoms with Gasteiger partial charge in [0.2, 0.25) is 5.91 Å². The molecule has 1 aliphatic carbocycles. The molecule has 30 heavy (non-hydrogen) atoms. The van der Waals surface area contributed by atoms with Crippen molar-refractivity contribution in [1.29, 1.82) is 0 Å². The summed E-state index contributed by atoms with van der Waals surface area (Å²) in [5.74, 6) is 0.541. The minimum absolute atomic E-state index is 0.00122. The molecule has 1 atom stereocenters. The third-order valence-corrected chi connectivity index (χ3v) is 5.78. The molecule has 4 rings (SSSR count). The summed E-state index contributed by atoms with van der Waals surface area (Å²) in [5.41, 5.74) is 1.96. The number of halogens is 1. The first-order valence-electron chi connectivity index (χ1n) is 10.3. The van der Waals surface area contributed by atoms with E-state index in [1.54, 1.807) is 24.3 Å². The second kappa shape index (κ2) is 8.87. The van der Waals surface area contributed by atoms with Gasteiger partial charge in [0.15, 0.2) is 12.0 Å². The van der Waals surface area contributed by atoms with Gasteiger partial charge in [-0.2, -0.15) is 0 Å². The van der Waals surface area contributed by atoms with Crippen molar-refractivity contribution < 1.29 is 18.7 Å². The number of nitrogens with zero attached hydrogens (tertiary/aromatic N) is 3. The number of ether oxygens (including phenoxy) is 1. The zero-order chi connectivity index (χ0) is 21.1. The van der Waals surface area contributed by atoms with E-state index in [1.807, 2.05) is 11.9 Å². The van der Waals surface area contributed by atoms with Crippen LogP contribution in [0.25, 0.3) is 0 Å². The number of hydrogen-bond donors (Lipinski definition) is 1. The van der Waals surface area contributed by atoms with Gasteiger partial charge in [0.25, 0.3) is 0 Å². The van der Waals surface area contributed by atoms with E-state index in [0.717, 1.165) is 43.3 Å². The highest BCUT2D eigenvalue weighted by atomic mass is 19.1. The average molecular weight is 414 g/mol. The Morgan fingerprint density at radius 3 is 2.63 bits per heavy atom. The van der Waals surface area contributed by atoms with Crippen LogP contribution in [-0.4, -0.2) is 74.0 Å². The summed E-state index contributed by atoms with van der Waals surface area (Å²) in [6.45, 7) is 4.07. The van der Waals surface area contributed by atoms with Crippen molar-refractivity contribution in [3.8, 4) is 0 Å². The van der Waals surface area contributed by atoms with E-state index >= 15 is 0 Å². The van der Waals surface area contributed by atoms with E-state index in [0.29, 0.717) is 25.9 Å². The molecule has 1 fully saturated rings. The van der Waals surface area contributed by atoms with Crippen LogP contribution in [0.2, 0.25) is 0 Å². The van der Waals surface area contributed by atoms with Crippen molar-refractivity contribution >= 4 is 17.4 Å². The molecule has 0 spiro atoms. The highest BCUT2D eigenvalue weighted by Crippen LogP contribution is 2.31. The highest BCUT2D eigenvalue weighted by molar-refractivity contribution is 5.93. The summed E-state index contributed by atoms with van der Waals surface area (Å²) in [6.07, 6.45) is 4.17. The normalized spacial score (nSPS) is 21.7. The zero-order valence-corrected chi connectivity index (χ0v) is 17.1. The summed E-state index contributed by atoms with van der Waals surface area (Å²) in [4.78, 5) is 30.2. The fraction of sp³-hybridized carbons (Fsp3) is 0.455. The Hall–Kier alpha value is -2.87. The molecule has 0 aromatic heterocycles. The second-order valence-corrected chi connectivity index (χ2v) is 7.85. The first kappa shape index (κ1) is 20.4. The molecular formula is C22H27FN4O3. The van der Waals surface area contributed by atoms with Crippen LogP contribution in [0.15, 0.2) is 47.9 Å². The monoisotopic (exact) mass is 414 g/mol. The quantitative estimate of drug-likeness (QED) is 0.761. The van der Waals surface area contributed by atoms with Gasteiger partial charge in [-0.1, -0.05) is 0 Å². The van der Waals surface area contributed by atoms with Gasteiger partial charge in [-0.3, -0.25) is 14.5 Å². The van der Waals surface area contributed by atoms with E-state index in [9.17, 15) is 14.0 Å². The molecule has 7 nitrogen and oxygen atoms in total. The molecule has 1 aromatic rings. The van der Waals surface area contributed by atoms with Gasteiger partial charge in [-0.25, -0.2) is 4.39 Å². The van der Waals surface area contributed by atoms with E-state index < -0.39 is 0 Å². The number of nitrogens with one attached hydrogen (secondary N) is 1.